The van der Waals surface area contributed by atoms with E-state index in [0.29, 0.717) is 28.8 Å². The smallest absolute Gasteiger partial charge is 0.270 e. The van der Waals surface area contributed by atoms with E-state index in [9.17, 15) is 14.9 Å². The number of nitro groups is 1. The van der Waals surface area contributed by atoms with Crippen LogP contribution in [0, 0.1) is 10.1 Å². The maximum atomic E-state index is 12.8. The molecule has 2 heterocycles. The third-order valence-corrected chi connectivity index (χ3v) is 6.94. The van der Waals surface area contributed by atoms with Crippen molar-refractivity contribution in [3.05, 3.63) is 68.7 Å². The third-order valence-electron chi connectivity index (χ3n) is 6.29. The van der Waals surface area contributed by atoms with Gasteiger partial charge in [0.05, 0.1) is 17.2 Å². The Hall–Kier alpha value is -2.29. The molecule has 2 unspecified atom stereocenters. The highest BCUT2D eigenvalue weighted by molar-refractivity contribution is 9.10. The summed E-state index contributed by atoms with van der Waals surface area (Å²) in [5.41, 5.74) is 1.88. The monoisotopic (exact) mass is 486 g/mol. The van der Waals surface area contributed by atoms with Crippen LogP contribution in [0.5, 0.6) is 0 Å². The van der Waals surface area contributed by atoms with Crippen molar-refractivity contribution in [1.29, 1.82) is 0 Å². The average molecular weight is 487 g/mol. The highest BCUT2D eigenvalue weighted by atomic mass is 79.9. The minimum Gasteiger partial charge on any atom is -0.324 e. The van der Waals surface area contributed by atoms with E-state index in [1.165, 1.54) is 30.5 Å². The van der Waals surface area contributed by atoms with Gasteiger partial charge in [0.1, 0.15) is 0 Å². The van der Waals surface area contributed by atoms with E-state index in [4.69, 9.17) is 0 Å². The Kier molecular flexibility index (Phi) is 6.99. The molecule has 0 radical (unpaired) electrons. The molecule has 0 bridgehead atoms. The van der Waals surface area contributed by atoms with Gasteiger partial charge in [0.25, 0.3) is 5.69 Å². The van der Waals surface area contributed by atoms with E-state index >= 15 is 0 Å². The molecule has 0 aromatic heterocycles. The quantitative estimate of drug-likeness (QED) is 0.462. The summed E-state index contributed by atoms with van der Waals surface area (Å²) in [6.07, 6.45) is 4.59. The topological polar surface area (TPSA) is 78.7 Å². The number of nitrogens with zero attached hydrogens (tertiary/aromatic N) is 3. The second-order valence-electron chi connectivity index (χ2n) is 8.32. The van der Waals surface area contributed by atoms with Crippen molar-refractivity contribution in [1.82, 2.24) is 9.80 Å². The van der Waals surface area contributed by atoms with Gasteiger partial charge in [0.2, 0.25) is 5.91 Å². The number of hydrogen-bond donors (Lipinski definition) is 1. The van der Waals surface area contributed by atoms with Crippen molar-refractivity contribution in [2.24, 2.45) is 0 Å². The van der Waals surface area contributed by atoms with Crippen LogP contribution >= 0.6 is 15.9 Å². The molecule has 0 aliphatic carbocycles. The molecule has 2 aliphatic heterocycles. The van der Waals surface area contributed by atoms with Crippen molar-refractivity contribution in [3.8, 4) is 0 Å². The van der Waals surface area contributed by atoms with Crippen LogP contribution in [-0.4, -0.2) is 52.3 Å². The maximum absolute atomic E-state index is 12.8. The predicted octanol–water partition coefficient (Wildman–Crippen LogP) is 4.42. The SMILES string of the molecule is O=C(CN1CCCC1C1CCCN1Cc1ccccc1)Nc1ccc([N+](=O)[O-])cc1Br. The van der Waals surface area contributed by atoms with E-state index in [-0.39, 0.29) is 11.6 Å². The molecule has 2 fully saturated rings. The normalized spacial score (nSPS) is 22.0. The molecule has 4 rings (SSSR count). The molecule has 2 aromatic rings. The van der Waals surface area contributed by atoms with Gasteiger partial charge in [0.15, 0.2) is 0 Å². The standard InChI is InChI=1S/C23H27BrN4O3/c24-19-14-18(28(30)31)10-11-20(19)25-23(29)16-27-13-5-9-22(27)21-8-4-12-26(21)15-17-6-2-1-3-7-17/h1-3,6-7,10-11,14,21-22H,4-5,8-9,12-13,15-16H2,(H,25,29). The van der Waals surface area contributed by atoms with Crippen LogP contribution in [0.15, 0.2) is 53.0 Å². The Balaban J connectivity index is 1.38. The number of likely N-dealkylation sites (tertiary alicyclic amines) is 2. The van der Waals surface area contributed by atoms with Crippen LogP contribution in [0.3, 0.4) is 0 Å². The van der Waals surface area contributed by atoms with Gasteiger partial charge >= 0.3 is 0 Å². The number of benzene rings is 2. The zero-order valence-electron chi connectivity index (χ0n) is 17.4. The number of rotatable bonds is 7. The average Bonchev–Trinajstić information content (AvgIpc) is 3.39. The van der Waals surface area contributed by atoms with Crippen LogP contribution in [-0.2, 0) is 11.3 Å². The van der Waals surface area contributed by atoms with Crippen LogP contribution in [0.2, 0.25) is 0 Å². The molecule has 1 N–H and O–H groups in total. The van der Waals surface area contributed by atoms with Gasteiger partial charge in [-0.15, -0.1) is 0 Å². The lowest BCUT2D eigenvalue weighted by atomic mass is 10.0. The fraction of sp³-hybridized carbons (Fsp3) is 0.435. The zero-order valence-corrected chi connectivity index (χ0v) is 19.0. The summed E-state index contributed by atoms with van der Waals surface area (Å²) in [5, 5.41) is 13.8. The summed E-state index contributed by atoms with van der Waals surface area (Å²) in [6, 6.07) is 15.8. The minimum atomic E-state index is -0.450. The Morgan fingerprint density at radius 3 is 2.42 bits per heavy atom. The molecule has 2 atom stereocenters. The van der Waals surface area contributed by atoms with Crippen LogP contribution in [0.1, 0.15) is 31.2 Å². The Morgan fingerprint density at radius 2 is 1.74 bits per heavy atom. The number of nitrogens with one attached hydrogen (secondary N) is 1. The third kappa shape index (κ3) is 5.31. The second-order valence-corrected chi connectivity index (χ2v) is 9.17. The first kappa shape index (κ1) is 21.9. The number of carbonyl (C=O) groups is 1. The van der Waals surface area contributed by atoms with Gasteiger partial charge in [-0.25, -0.2) is 0 Å². The molecule has 0 saturated carbocycles. The number of nitro benzene ring substituents is 1. The van der Waals surface area contributed by atoms with Gasteiger partial charge in [-0.05, 0) is 66.3 Å². The first-order valence-corrected chi connectivity index (χ1v) is 11.6. The first-order valence-electron chi connectivity index (χ1n) is 10.8. The number of amides is 1. The number of carbonyl (C=O) groups excluding carboxylic acids is 1. The second kappa shape index (κ2) is 9.89. The van der Waals surface area contributed by atoms with Crippen LogP contribution in [0.25, 0.3) is 0 Å². The van der Waals surface area contributed by atoms with Crippen molar-refractivity contribution in [2.75, 3.05) is 25.0 Å². The lowest BCUT2D eigenvalue weighted by molar-refractivity contribution is -0.384. The molecular formula is C23H27BrN4O3. The number of non-ortho nitro benzene ring substituents is 1. The van der Waals surface area contributed by atoms with E-state index in [0.717, 1.165) is 32.5 Å². The molecule has 1 amide bonds. The Labute approximate surface area is 190 Å². The van der Waals surface area contributed by atoms with Crippen molar-refractivity contribution in [2.45, 2.75) is 44.3 Å². The molecule has 7 nitrogen and oxygen atoms in total. The van der Waals surface area contributed by atoms with Crippen LogP contribution < -0.4 is 5.32 Å². The molecule has 31 heavy (non-hydrogen) atoms. The highest BCUT2D eigenvalue weighted by Crippen LogP contribution is 2.31. The van der Waals surface area contributed by atoms with E-state index in [1.54, 1.807) is 6.07 Å². The summed E-state index contributed by atoms with van der Waals surface area (Å²) in [6.45, 7) is 3.32. The van der Waals surface area contributed by atoms with E-state index in [2.05, 4.69) is 55.3 Å². The largest absolute Gasteiger partial charge is 0.324 e. The molecule has 2 saturated heterocycles. The Bertz CT molecular complexity index is 940. The van der Waals surface area contributed by atoms with Gasteiger partial charge in [-0.3, -0.25) is 24.7 Å². The van der Waals surface area contributed by atoms with Gasteiger partial charge in [-0.1, -0.05) is 30.3 Å². The minimum absolute atomic E-state index is 0.00998. The van der Waals surface area contributed by atoms with Crippen molar-refractivity contribution in [3.63, 3.8) is 0 Å². The van der Waals surface area contributed by atoms with Crippen LogP contribution in [0.4, 0.5) is 11.4 Å². The summed E-state index contributed by atoms with van der Waals surface area (Å²) >= 11 is 3.32. The molecule has 8 heteroatoms. The number of halogens is 1. The predicted molar refractivity (Wildman–Crippen MR) is 124 cm³/mol. The highest BCUT2D eigenvalue weighted by Gasteiger charge is 2.38. The molecule has 2 aliphatic rings. The Morgan fingerprint density at radius 1 is 1.06 bits per heavy atom. The molecule has 0 spiro atoms. The lowest BCUT2D eigenvalue weighted by Crippen LogP contribution is -2.48. The summed E-state index contributed by atoms with van der Waals surface area (Å²) in [4.78, 5) is 28.1. The first-order chi connectivity index (χ1) is 15.0. The van der Waals surface area contributed by atoms with Gasteiger partial charge < -0.3 is 5.32 Å². The molecular weight excluding hydrogens is 460 g/mol. The fourth-order valence-corrected chi connectivity index (χ4v) is 5.34. The fourth-order valence-electron chi connectivity index (χ4n) is 4.88. The summed E-state index contributed by atoms with van der Waals surface area (Å²) in [5.74, 6) is -0.0888. The van der Waals surface area contributed by atoms with E-state index in [1.807, 2.05) is 6.07 Å². The lowest BCUT2D eigenvalue weighted by Gasteiger charge is -2.34. The van der Waals surface area contributed by atoms with Gasteiger partial charge in [-0.2, -0.15) is 0 Å². The number of anilines is 1. The number of hydrogen-bond acceptors (Lipinski definition) is 5. The summed E-state index contributed by atoms with van der Waals surface area (Å²) in [7, 11) is 0. The van der Waals surface area contributed by atoms with Gasteiger partial charge in [0, 0.05) is 35.2 Å². The van der Waals surface area contributed by atoms with E-state index < -0.39 is 4.92 Å². The van der Waals surface area contributed by atoms with Crippen molar-refractivity contribution >= 4 is 33.2 Å². The zero-order chi connectivity index (χ0) is 21.8. The molecule has 2 aromatic carbocycles. The molecule has 164 valence electrons. The van der Waals surface area contributed by atoms with Crippen molar-refractivity contribution < 1.29 is 9.72 Å². The maximum Gasteiger partial charge on any atom is 0.270 e. The summed E-state index contributed by atoms with van der Waals surface area (Å²) < 4.78 is 0.512.